The molecular formula is C9H10ClN5. The van der Waals surface area contributed by atoms with Gasteiger partial charge in [0.25, 0.3) is 0 Å². The van der Waals surface area contributed by atoms with Crippen molar-refractivity contribution in [1.29, 1.82) is 0 Å². The molecule has 2 rings (SSSR count). The maximum absolute atomic E-state index is 5.95. The molecule has 3 N–H and O–H groups in total. The van der Waals surface area contributed by atoms with Crippen molar-refractivity contribution >= 4 is 28.9 Å². The molecular weight excluding hydrogens is 214 g/mol. The Balaban J connectivity index is 2.24. The van der Waals surface area contributed by atoms with Gasteiger partial charge < -0.3 is 11.1 Å². The molecule has 0 saturated heterocycles. The molecule has 0 saturated carbocycles. The second kappa shape index (κ2) is 3.78. The largest absolute Gasteiger partial charge is 0.397 e. The lowest BCUT2D eigenvalue weighted by Gasteiger charge is -2.04. The van der Waals surface area contributed by atoms with Crippen molar-refractivity contribution in [2.24, 2.45) is 7.05 Å². The molecule has 0 radical (unpaired) electrons. The van der Waals surface area contributed by atoms with Crippen LogP contribution in [0.2, 0.25) is 5.02 Å². The van der Waals surface area contributed by atoms with E-state index < -0.39 is 0 Å². The van der Waals surface area contributed by atoms with Gasteiger partial charge in [0.15, 0.2) is 11.6 Å². The lowest BCUT2D eigenvalue weighted by atomic mass is 10.4. The highest BCUT2D eigenvalue weighted by Crippen LogP contribution is 2.23. The second-order valence-corrected chi connectivity index (χ2v) is 3.51. The average molecular weight is 224 g/mol. The maximum atomic E-state index is 5.95. The molecule has 2 heterocycles. The van der Waals surface area contributed by atoms with Crippen LogP contribution in [0.15, 0.2) is 24.5 Å². The topological polar surface area (TPSA) is 68.8 Å². The minimum Gasteiger partial charge on any atom is -0.397 e. The molecule has 6 heteroatoms. The first-order valence-electron chi connectivity index (χ1n) is 4.33. The van der Waals surface area contributed by atoms with Gasteiger partial charge in [0.05, 0.1) is 16.9 Å². The van der Waals surface area contributed by atoms with Crippen LogP contribution in [-0.4, -0.2) is 14.8 Å². The third-order valence-electron chi connectivity index (χ3n) is 1.82. The first-order chi connectivity index (χ1) is 7.15. The number of aryl methyl sites for hydroxylation is 1. The summed E-state index contributed by atoms with van der Waals surface area (Å²) in [5, 5.41) is 7.61. The number of rotatable bonds is 2. The van der Waals surface area contributed by atoms with E-state index in [0.717, 1.165) is 0 Å². The highest BCUT2D eigenvalue weighted by molar-refractivity contribution is 6.33. The van der Waals surface area contributed by atoms with Crippen LogP contribution in [0, 0.1) is 0 Å². The third-order valence-corrected chi connectivity index (χ3v) is 2.11. The van der Waals surface area contributed by atoms with Gasteiger partial charge >= 0.3 is 0 Å². The number of nitrogens with one attached hydrogen (secondary N) is 1. The van der Waals surface area contributed by atoms with Crippen LogP contribution in [-0.2, 0) is 7.05 Å². The number of nitrogen functional groups attached to an aromatic ring is 1. The summed E-state index contributed by atoms with van der Waals surface area (Å²) in [7, 11) is 1.84. The summed E-state index contributed by atoms with van der Waals surface area (Å²) in [5.41, 5.74) is 6.06. The number of nitrogens with zero attached hydrogens (tertiary/aromatic N) is 3. The number of nitrogens with two attached hydrogens (primary N) is 1. The highest BCUT2D eigenvalue weighted by Gasteiger charge is 2.04. The van der Waals surface area contributed by atoms with Crippen LogP contribution in [0.3, 0.4) is 0 Å². The smallest absolute Gasteiger partial charge is 0.153 e. The Labute approximate surface area is 91.9 Å². The predicted molar refractivity (Wildman–Crippen MR) is 60.2 cm³/mol. The van der Waals surface area contributed by atoms with Gasteiger partial charge in [0, 0.05) is 19.3 Å². The maximum Gasteiger partial charge on any atom is 0.153 e. The number of aromatic nitrogens is 3. The fraction of sp³-hybridized carbons (Fsp3) is 0.111. The molecule has 0 unspecified atom stereocenters. The minimum absolute atomic E-state index is 0.473. The molecule has 0 aliphatic heterocycles. The van der Waals surface area contributed by atoms with Gasteiger partial charge in [-0.05, 0) is 6.07 Å². The monoisotopic (exact) mass is 223 g/mol. The Kier molecular flexibility index (Phi) is 2.47. The van der Waals surface area contributed by atoms with Crippen molar-refractivity contribution in [2.75, 3.05) is 11.1 Å². The van der Waals surface area contributed by atoms with E-state index >= 15 is 0 Å². The Morgan fingerprint density at radius 3 is 2.93 bits per heavy atom. The van der Waals surface area contributed by atoms with Crippen LogP contribution in [0.4, 0.5) is 17.3 Å². The van der Waals surface area contributed by atoms with Crippen molar-refractivity contribution in [3.05, 3.63) is 29.5 Å². The summed E-state index contributed by atoms with van der Waals surface area (Å²) in [6.45, 7) is 0. The fourth-order valence-electron chi connectivity index (χ4n) is 1.15. The van der Waals surface area contributed by atoms with Crippen molar-refractivity contribution in [1.82, 2.24) is 14.8 Å². The average Bonchev–Trinajstić information content (AvgIpc) is 2.56. The lowest BCUT2D eigenvalue weighted by molar-refractivity contribution is 0.771. The van der Waals surface area contributed by atoms with E-state index in [9.17, 15) is 0 Å². The van der Waals surface area contributed by atoms with E-state index in [2.05, 4.69) is 15.4 Å². The molecule has 0 aliphatic rings. The third kappa shape index (κ3) is 2.19. The summed E-state index contributed by atoms with van der Waals surface area (Å²) in [6.07, 6.45) is 3.37. The number of hydrogen-bond donors (Lipinski definition) is 2. The quantitative estimate of drug-likeness (QED) is 0.815. The lowest BCUT2D eigenvalue weighted by Crippen LogP contribution is -1.97. The van der Waals surface area contributed by atoms with Crippen molar-refractivity contribution in [3.8, 4) is 0 Å². The summed E-state index contributed by atoms with van der Waals surface area (Å²) in [5.74, 6) is 1.24. The van der Waals surface area contributed by atoms with Gasteiger partial charge in [-0.1, -0.05) is 11.6 Å². The molecule has 0 atom stereocenters. The van der Waals surface area contributed by atoms with E-state index in [0.29, 0.717) is 22.3 Å². The zero-order valence-electron chi connectivity index (χ0n) is 8.11. The Morgan fingerprint density at radius 2 is 2.33 bits per heavy atom. The number of anilines is 3. The minimum atomic E-state index is 0.473. The van der Waals surface area contributed by atoms with E-state index in [-0.39, 0.29) is 0 Å². The molecule has 0 fully saturated rings. The molecule has 0 bridgehead atoms. The number of hydrogen-bond acceptors (Lipinski definition) is 4. The van der Waals surface area contributed by atoms with Crippen LogP contribution in [0.25, 0.3) is 0 Å². The van der Waals surface area contributed by atoms with Crippen molar-refractivity contribution < 1.29 is 0 Å². The Morgan fingerprint density at radius 1 is 1.53 bits per heavy atom. The highest BCUT2D eigenvalue weighted by atomic mass is 35.5. The molecule has 2 aromatic rings. The van der Waals surface area contributed by atoms with E-state index in [1.807, 2.05) is 19.3 Å². The van der Waals surface area contributed by atoms with Crippen molar-refractivity contribution in [3.63, 3.8) is 0 Å². The first kappa shape index (κ1) is 9.79. The summed E-state index contributed by atoms with van der Waals surface area (Å²) < 4.78 is 1.69. The first-order valence-corrected chi connectivity index (χ1v) is 4.70. The fourth-order valence-corrected chi connectivity index (χ4v) is 1.37. The van der Waals surface area contributed by atoms with Gasteiger partial charge in [-0.15, -0.1) is 0 Å². The van der Waals surface area contributed by atoms with Gasteiger partial charge in [-0.2, -0.15) is 5.10 Å². The Hall–Kier alpha value is -1.75. The van der Waals surface area contributed by atoms with Crippen LogP contribution >= 0.6 is 11.6 Å². The summed E-state index contributed by atoms with van der Waals surface area (Å²) in [4.78, 5) is 4.07. The molecule has 0 amide bonds. The predicted octanol–water partition coefficient (Wildman–Crippen LogP) is 1.79. The standard InChI is InChI=1S/C9H10ClN5/c1-15-3-2-8(14-15)13-9-7(10)4-6(11)5-12-9/h2-5H,11H2,1H3,(H,12,13,14). The van der Waals surface area contributed by atoms with Crippen LogP contribution in [0.1, 0.15) is 0 Å². The van der Waals surface area contributed by atoms with Crippen LogP contribution in [0.5, 0.6) is 0 Å². The van der Waals surface area contributed by atoms with E-state index in [1.165, 1.54) is 6.20 Å². The van der Waals surface area contributed by atoms with Crippen LogP contribution < -0.4 is 11.1 Å². The van der Waals surface area contributed by atoms with Gasteiger partial charge in [0.1, 0.15) is 0 Å². The van der Waals surface area contributed by atoms with Gasteiger partial charge in [0.2, 0.25) is 0 Å². The summed E-state index contributed by atoms with van der Waals surface area (Å²) >= 11 is 5.95. The second-order valence-electron chi connectivity index (χ2n) is 3.10. The van der Waals surface area contributed by atoms with E-state index in [4.69, 9.17) is 17.3 Å². The normalized spacial score (nSPS) is 10.3. The van der Waals surface area contributed by atoms with Gasteiger partial charge in [-0.3, -0.25) is 4.68 Å². The Bertz CT molecular complexity index is 479. The zero-order valence-corrected chi connectivity index (χ0v) is 8.86. The van der Waals surface area contributed by atoms with Crippen molar-refractivity contribution in [2.45, 2.75) is 0 Å². The SMILES string of the molecule is Cn1ccc(Nc2ncc(N)cc2Cl)n1. The summed E-state index contributed by atoms with van der Waals surface area (Å²) in [6, 6.07) is 3.47. The van der Waals surface area contributed by atoms with E-state index in [1.54, 1.807) is 10.7 Å². The zero-order chi connectivity index (χ0) is 10.8. The molecule has 15 heavy (non-hydrogen) atoms. The molecule has 2 aromatic heterocycles. The molecule has 5 nitrogen and oxygen atoms in total. The molecule has 78 valence electrons. The van der Waals surface area contributed by atoms with Gasteiger partial charge in [-0.25, -0.2) is 4.98 Å². The molecule has 0 aromatic carbocycles. The molecule has 0 spiro atoms. The molecule has 0 aliphatic carbocycles. The number of halogens is 1. The number of pyridine rings is 1.